The molecule has 0 bridgehead atoms. The summed E-state index contributed by atoms with van der Waals surface area (Å²) in [5.41, 5.74) is 5.43. The Hall–Kier alpha value is -3.27. The number of hydrogen-bond donors (Lipinski definition) is 1. The Kier molecular flexibility index (Phi) is 7.24. The zero-order chi connectivity index (χ0) is 23.3. The van der Waals surface area contributed by atoms with Crippen LogP contribution in [-0.2, 0) is 12.0 Å². The van der Waals surface area contributed by atoms with Gasteiger partial charge < -0.3 is 14.8 Å². The van der Waals surface area contributed by atoms with E-state index in [1.54, 1.807) is 6.07 Å². The standard InChI is InChI=1S/C28H33NO3/c1-7-31-24-16-15-21(27(30)29-26-19(2)11-10-12-20(26)3)17-22(24)18-32-25-14-9-8-13-23(25)28(4,5)6/h8-17H,7,18H2,1-6H3,(H,29,30). The number of ether oxygens (including phenoxy) is 2. The molecule has 0 atom stereocenters. The highest BCUT2D eigenvalue weighted by Gasteiger charge is 2.19. The Morgan fingerprint density at radius 1 is 0.875 bits per heavy atom. The zero-order valence-corrected chi connectivity index (χ0v) is 19.9. The van der Waals surface area contributed by atoms with Crippen LogP contribution in [0.2, 0.25) is 0 Å². The lowest BCUT2D eigenvalue weighted by atomic mass is 9.86. The van der Waals surface area contributed by atoms with Gasteiger partial charge >= 0.3 is 0 Å². The highest BCUT2D eigenvalue weighted by atomic mass is 16.5. The SMILES string of the molecule is CCOc1ccc(C(=O)Nc2c(C)cccc2C)cc1COc1ccccc1C(C)(C)C. The lowest BCUT2D eigenvalue weighted by Gasteiger charge is -2.23. The molecule has 0 aliphatic carbocycles. The van der Waals surface area contributed by atoms with Crippen LogP contribution >= 0.6 is 0 Å². The molecule has 0 unspecified atom stereocenters. The molecule has 168 valence electrons. The van der Waals surface area contributed by atoms with E-state index < -0.39 is 0 Å². The first-order chi connectivity index (χ1) is 15.2. The van der Waals surface area contributed by atoms with Crippen LogP contribution in [0.25, 0.3) is 0 Å². The summed E-state index contributed by atoms with van der Waals surface area (Å²) in [6.45, 7) is 13.3. The average molecular weight is 432 g/mol. The lowest BCUT2D eigenvalue weighted by molar-refractivity contribution is 0.102. The second-order valence-electron chi connectivity index (χ2n) is 9.01. The minimum absolute atomic E-state index is 0.0352. The van der Waals surface area contributed by atoms with Gasteiger partial charge in [0.25, 0.3) is 5.91 Å². The maximum Gasteiger partial charge on any atom is 0.255 e. The van der Waals surface area contributed by atoms with E-state index in [1.807, 2.05) is 69.3 Å². The van der Waals surface area contributed by atoms with Gasteiger partial charge in [-0.15, -0.1) is 0 Å². The van der Waals surface area contributed by atoms with E-state index in [9.17, 15) is 4.79 Å². The van der Waals surface area contributed by atoms with Crippen LogP contribution in [0.1, 0.15) is 60.3 Å². The summed E-state index contributed by atoms with van der Waals surface area (Å²) in [7, 11) is 0. The quantitative estimate of drug-likeness (QED) is 0.446. The van der Waals surface area contributed by atoms with Crippen LogP contribution in [0, 0.1) is 13.8 Å². The van der Waals surface area contributed by atoms with Gasteiger partial charge in [-0.1, -0.05) is 57.2 Å². The number of para-hydroxylation sites is 2. The number of amides is 1. The second kappa shape index (κ2) is 9.90. The largest absolute Gasteiger partial charge is 0.493 e. The molecule has 32 heavy (non-hydrogen) atoms. The van der Waals surface area contributed by atoms with Crippen molar-refractivity contribution >= 4 is 11.6 Å². The molecular weight excluding hydrogens is 398 g/mol. The fraction of sp³-hybridized carbons (Fsp3) is 0.321. The second-order valence-corrected chi connectivity index (χ2v) is 9.01. The van der Waals surface area contributed by atoms with E-state index in [-0.39, 0.29) is 11.3 Å². The zero-order valence-electron chi connectivity index (χ0n) is 19.9. The molecule has 3 rings (SSSR count). The topological polar surface area (TPSA) is 47.6 Å². The molecule has 0 heterocycles. The predicted octanol–water partition coefficient (Wildman–Crippen LogP) is 6.83. The Morgan fingerprint density at radius 2 is 1.56 bits per heavy atom. The third-order valence-corrected chi connectivity index (χ3v) is 5.42. The van der Waals surface area contributed by atoms with Crippen molar-refractivity contribution in [1.29, 1.82) is 0 Å². The fourth-order valence-electron chi connectivity index (χ4n) is 3.69. The third kappa shape index (κ3) is 5.50. The van der Waals surface area contributed by atoms with Crippen LogP contribution in [0.15, 0.2) is 60.7 Å². The van der Waals surface area contributed by atoms with Gasteiger partial charge in [-0.3, -0.25) is 4.79 Å². The summed E-state index contributed by atoms with van der Waals surface area (Å²) < 4.78 is 12.0. The average Bonchev–Trinajstić information content (AvgIpc) is 2.75. The van der Waals surface area contributed by atoms with Crippen molar-refractivity contribution in [2.45, 2.75) is 53.6 Å². The number of hydrogen-bond acceptors (Lipinski definition) is 3. The molecule has 1 N–H and O–H groups in total. The van der Waals surface area contributed by atoms with Gasteiger partial charge in [-0.05, 0) is 67.1 Å². The van der Waals surface area contributed by atoms with Crippen molar-refractivity contribution in [2.75, 3.05) is 11.9 Å². The molecule has 0 saturated carbocycles. The summed E-state index contributed by atoms with van der Waals surface area (Å²) >= 11 is 0. The molecular formula is C28H33NO3. The number of carbonyl (C=O) groups excluding carboxylic acids is 1. The fourth-order valence-corrected chi connectivity index (χ4v) is 3.69. The molecule has 0 fully saturated rings. The number of nitrogens with one attached hydrogen (secondary N) is 1. The molecule has 0 spiro atoms. The summed E-state index contributed by atoms with van der Waals surface area (Å²) in [6.07, 6.45) is 0. The van der Waals surface area contributed by atoms with Crippen LogP contribution in [0.4, 0.5) is 5.69 Å². The molecule has 4 heteroatoms. The number of benzene rings is 3. The predicted molar refractivity (Wildman–Crippen MR) is 131 cm³/mol. The molecule has 0 aromatic heterocycles. The van der Waals surface area contributed by atoms with Crippen LogP contribution in [0.5, 0.6) is 11.5 Å². The number of aryl methyl sites for hydroxylation is 2. The highest BCUT2D eigenvalue weighted by Crippen LogP contribution is 2.32. The molecule has 0 aliphatic heterocycles. The van der Waals surface area contributed by atoms with Crippen molar-refractivity contribution in [3.05, 3.63) is 88.5 Å². The van der Waals surface area contributed by atoms with Crippen molar-refractivity contribution in [3.8, 4) is 11.5 Å². The minimum atomic E-state index is -0.151. The van der Waals surface area contributed by atoms with Gasteiger partial charge in [0, 0.05) is 16.8 Å². The summed E-state index contributed by atoms with van der Waals surface area (Å²) in [5, 5.41) is 3.06. The lowest BCUT2D eigenvalue weighted by Crippen LogP contribution is -2.15. The minimum Gasteiger partial charge on any atom is -0.493 e. The molecule has 3 aromatic rings. The molecule has 0 aliphatic rings. The van der Waals surface area contributed by atoms with E-state index in [4.69, 9.17) is 9.47 Å². The van der Waals surface area contributed by atoms with Gasteiger partial charge in [0.15, 0.2) is 0 Å². The Morgan fingerprint density at radius 3 is 2.22 bits per heavy atom. The first-order valence-corrected chi connectivity index (χ1v) is 11.1. The smallest absolute Gasteiger partial charge is 0.255 e. The number of rotatable bonds is 7. The highest BCUT2D eigenvalue weighted by molar-refractivity contribution is 6.05. The number of carbonyl (C=O) groups is 1. The molecule has 0 saturated heterocycles. The molecule has 1 amide bonds. The summed E-state index contributed by atoms with van der Waals surface area (Å²) in [4.78, 5) is 13.0. The molecule has 3 aromatic carbocycles. The van der Waals surface area contributed by atoms with Gasteiger partial charge in [-0.25, -0.2) is 0 Å². The Labute approximate surface area is 191 Å². The maximum atomic E-state index is 13.0. The van der Waals surface area contributed by atoms with Crippen LogP contribution in [-0.4, -0.2) is 12.5 Å². The van der Waals surface area contributed by atoms with Crippen molar-refractivity contribution in [2.24, 2.45) is 0 Å². The first kappa shape index (κ1) is 23.4. The maximum absolute atomic E-state index is 13.0. The van der Waals surface area contributed by atoms with E-state index in [2.05, 4.69) is 32.2 Å². The molecule has 4 nitrogen and oxygen atoms in total. The van der Waals surface area contributed by atoms with Crippen LogP contribution in [0.3, 0.4) is 0 Å². The van der Waals surface area contributed by atoms with Gasteiger partial charge in [0.1, 0.15) is 18.1 Å². The van der Waals surface area contributed by atoms with Gasteiger partial charge in [-0.2, -0.15) is 0 Å². The van der Waals surface area contributed by atoms with E-state index >= 15 is 0 Å². The van der Waals surface area contributed by atoms with Gasteiger partial charge in [0.05, 0.1) is 6.61 Å². The Bertz CT molecular complexity index is 1080. The third-order valence-electron chi connectivity index (χ3n) is 5.42. The van der Waals surface area contributed by atoms with Gasteiger partial charge in [0.2, 0.25) is 0 Å². The van der Waals surface area contributed by atoms with Crippen molar-refractivity contribution in [3.63, 3.8) is 0 Å². The van der Waals surface area contributed by atoms with E-state index in [0.717, 1.165) is 39.4 Å². The van der Waals surface area contributed by atoms with E-state index in [0.29, 0.717) is 18.8 Å². The monoisotopic (exact) mass is 431 g/mol. The number of anilines is 1. The first-order valence-electron chi connectivity index (χ1n) is 11.1. The van der Waals surface area contributed by atoms with E-state index in [1.165, 1.54) is 0 Å². The molecule has 0 radical (unpaired) electrons. The summed E-state index contributed by atoms with van der Waals surface area (Å²) in [6, 6.07) is 19.5. The van der Waals surface area contributed by atoms with Crippen molar-refractivity contribution < 1.29 is 14.3 Å². The van der Waals surface area contributed by atoms with Crippen molar-refractivity contribution in [1.82, 2.24) is 0 Å². The normalized spacial score (nSPS) is 11.2. The van der Waals surface area contributed by atoms with Crippen LogP contribution < -0.4 is 14.8 Å². The summed E-state index contributed by atoms with van der Waals surface area (Å²) in [5.74, 6) is 1.42. The Balaban J connectivity index is 1.86.